The molecule has 4 nitrogen and oxygen atoms in total. The minimum Gasteiger partial charge on any atom is -0.454 e. The fraction of sp³-hybridized carbons (Fsp3) is 0.467. The second-order valence-corrected chi connectivity index (χ2v) is 7.44. The van der Waals surface area contributed by atoms with Crippen molar-refractivity contribution in [1.82, 2.24) is 4.90 Å². The Bertz CT molecular complexity index is 588. The quantitative estimate of drug-likeness (QED) is 0.797. The Balaban J connectivity index is 1.71. The van der Waals surface area contributed by atoms with Crippen molar-refractivity contribution in [3.63, 3.8) is 0 Å². The number of ether oxygens (including phenoxy) is 2. The van der Waals surface area contributed by atoms with Crippen molar-refractivity contribution < 1.29 is 14.3 Å². The number of hydrogen-bond acceptors (Lipinski definition) is 5. The van der Waals surface area contributed by atoms with Crippen LogP contribution in [-0.4, -0.2) is 33.7 Å². The highest BCUT2D eigenvalue weighted by Gasteiger charge is 2.37. The molecule has 2 aliphatic rings. The third kappa shape index (κ3) is 3.01. The second kappa shape index (κ2) is 5.85. The average molecular weight is 323 g/mol. The Morgan fingerprint density at radius 3 is 2.90 bits per heavy atom. The number of thiocarbonyl (C=S) groups is 1. The van der Waals surface area contributed by atoms with E-state index in [9.17, 15) is 4.79 Å². The van der Waals surface area contributed by atoms with Crippen molar-refractivity contribution in [1.29, 1.82) is 0 Å². The lowest BCUT2D eigenvalue weighted by atomic mass is 10.1. The van der Waals surface area contributed by atoms with Gasteiger partial charge in [-0.15, -0.1) is 0 Å². The lowest BCUT2D eigenvalue weighted by molar-refractivity contribution is -0.126. The number of nitrogens with zero attached hydrogens (tertiary/aromatic N) is 1. The van der Waals surface area contributed by atoms with Crippen LogP contribution in [0.2, 0.25) is 0 Å². The fourth-order valence-electron chi connectivity index (χ4n) is 2.44. The van der Waals surface area contributed by atoms with Gasteiger partial charge in [0.15, 0.2) is 11.5 Å². The van der Waals surface area contributed by atoms with Gasteiger partial charge in [0.05, 0.1) is 5.25 Å². The Hall–Kier alpha value is -1.27. The van der Waals surface area contributed by atoms with Crippen LogP contribution in [0, 0.1) is 5.92 Å². The van der Waals surface area contributed by atoms with E-state index >= 15 is 0 Å². The van der Waals surface area contributed by atoms with Crippen LogP contribution < -0.4 is 9.47 Å². The lowest BCUT2D eigenvalue weighted by Gasteiger charge is -2.17. The predicted molar refractivity (Wildman–Crippen MR) is 86.8 cm³/mol. The van der Waals surface area contributed by atoms with Gasteiger partial charge >= 0.3 is 0 Å². The first kappa shape index (κ1) is 14.7. The van der Waals surface area contributed by atoms with Crippen molar-refractivity contribution in [3.05, 3.63) is 23.8 Å². The van der Waals surface area contributed by atoms with E-state index in [1.807, 2.05) is 18.2 Å². The summed E-state index contributed by atoms with van der Waals surface area (Å²) in [6.45, 7) is 5.14. The molecule has 2 heterocycles. The third-order valence-corrected chi connectivity index (χ3v) is 4.99. The summed E-state index contributed by atoms with van der Waals surface area (Å²) in [6.07, 6.45) is 0.662. The van der Waals surface area contributed by atoms with Crippen LogP contribution in [0.5, 0.6) is 11.5 Å². The molecule has 1 aromatic carbocycles. The zero-order valence-corrected chi connectivity index (χ0v) is 13.6. The average Bonchev–Trinajstić information content (AvgIpc) is 2.98. The summed E-state index contributed by atoms with van der Waals surface area (Å²) in [6, 6.07) is 5.83. The molecule has 3 rings (SSSR count). The summed E-state index contributed by atoms with van der Waals surface area (Å²) < 4.78 is 11.4. The van der Waals surface area contributed by atoms with Gasteiger partial charge in [-0.3, -0.25) is 9.69 Å². The number of carbonyl (C=O) groups is 1. The van der Waals surface area contributed by atoms with Gasteiger partial charge < -0.3 is 9.47 Å². The van der Waals surface area contributed by atoms with Gasteiger partial charge in [0.25, 0.3) is 0 Å². The van der Waals surface area contributed by atoms with Crippen LogP contribution in [0.3, 0.4) is 0 Å². The fourth-order valence-corrected chi connectivity index (χ4v) is 3.99. The standard InChI is InChI=1S/C15H17NO3S2/c1-9(2)7-16-14(17)13(21-15(16)20)6-10-3-4-11-12(5-10)19-8-18-11/h3-5,9,13H,6-8H2,1-2H3/t13-/m0/s1. The van der Waals surface area contributed by atoms with Crippen LogP contribution in [0.4, 0.5) is 0 Å². The Kier molecular flexibility index (Phi) is 4.08. The van der Waals surface area contributed by atoms with Gasteiger partial charge in [0.1, 0.15) is 4.32 Å². The molecule has 1 fully saturated rings. The molecule has 1 aromatic rings. The minimum atomic E-state index is -0.128. The monoisotopic (exact) mass is 323 g/mol. The molecule has 0 aliphatic carbocycles. The normalized spacial score (nSPS) is 20.7. The van der Waals surface area contributed by atoms with Crippen LogP contribution in [0.15, 0.2) is 18.2 Å². The van der Waals surface area contributed by atoms with Crippen molar-refractivity contribution in [2.75, 3.05) is 13.3 Å². The molecule has 0 radical (unpaired) electrons. The van der Waals surface area contributed by atoms with Crippen molar-refractivity contribution in [3.8, 4) is 11.5 Å². The molecule has 0 unspecified atom stereocenters. The molecule has 1 saturated heterocycles. The second-order valence-electron chi connectivity index (χ2n) is 5.61. The molecule has 6 heteroatoms. The maximum Gasteiger partial charge on any atom is 0.241 e. The molecule has 112 valence electrons. The number of carbonyl (C=O) groups excluding carboxylic acids is 1. The summed E-state index contributed by atoms with van der Waals surface area (Å²) >= 11 is 6.82. The van der Waals surface area contributed by atoms with E-state index in [0.29, 0.717) is 23.2 Å². The van der Waals surface area contributed by atoms with E-state index < -0.39 is 0 Å². The maximum atomic E-state index is 12.5. The van der Waals surface area contributed by atoms with Gasteiger partial charge in [0, 0.05) is 6.54 Å². The SMILES string of the molecule is CC(C)CN1C(=O)[C@H](Cc2ccc3c(c2)OCO3)SC1=S. The van der Waals surface area contributed by atoms with Gasteiger partial charge in [-0.1, -0.05) is 43.9 Å². The molecule has 1 atom stereocenters. The number of fused-ring (bicyclic) bond motifs is 1. The first-order valence-corrected chi connectivity index (χ1v) is 8.24. The van der Waals surface area contributed by atoms with E-state index in [2.05, 4.69) is 13.8 Å². The highest BCUT2D eigenvalue weighted by atomic mass is 32.2. The Morgan fingerprint density at radius 1 is 1.38 bits per heavy atom. The minimum absolute atomic E-state index is 0.122. The van der Waals surface area contributed by atoms with E-state index in [1.165, 1.54) is 11.8 Å². The summed E-state index contributed by atoms with van der Waals surface area (Å²) in [5, 5.41) is -0.128. The lowest BCUT2D eigenvalue weighted by Crippen LogP contribution is -2.34. The first-order valence-electron chi connectivity index (χ1n) is 6.95. The van der Waals surface area contributed by atoms with E-state index in [0.717, 1.165) is 17.1 Å². The maximum absolute atomic E-state index is 12.5. The highest BCUT2D eigenvalue weighted by Crippen LogP contribution is 2.35. The summed E-state index contributed by atoms with van der Waals surface area (Å²) in [7, 11) is 0. The molecule has 0 saturated carbocycles. The van der Waals surface area contributed by atoms with Crippen LogP contribution in [-0.2, 0) is 11.2 Å². The largest absolute Gasteiger partial charge is 0.454 e. The van der Waals surface area contributed by atoms with Crippen LogP contribution in [0.25, 0.3) is 0 Å². The topological polar surface area (TPSA) is 38.8 Å². The highest BCUT2D eigenvalue weighted by molar-refractivity contribution is 8.24. The summed E-state index contributed by atoms with van der Waals surface area (Å²) in [5.41, 5.74) is 1.07. The summed E-state index contributed by atoms with van der Waals surface area (Å²) in [4.78, 5) is 14.2. The predicted octanol–water partition coefficient (Wildman–Crippen LogP) is 2.84. The molecule has 0 aromatic heterocycles. The third-order valence-electron chi connectivity index (χ3n) is 3.41. The zero-order chi connectivity index (χ0) is 15.0. The molecular formula is C15H17NO3S2. The van der Waals surface area contributed by atoms with Crippen molar-refractivity contribution >= 4 is 34.2 Å². The Morgan fingerprint density at radius 2 is 2.14 bits per heavy atom. The van der Waals surface area contributed by atoms with E-state index in [-0.39, 0.29) is 18.0 Å². The molecule has 1 amide bonds. The van der Waals surface area contributed by atoms with Gasteiger partial charge in [-0.05, 0) is 30.0 Å². The Labute approximate surface area is 133 Å². The van der Waals surface area contributed by atoms with Gasteiger partial charge in [-0.25, -0.2) is 0 Å². The van der Waals surface area contributed by atoms with Crippen molar-refractivity contribution in [2.24, 2.45) is 5.92 Å². The van der Waals surface area contributed by atoms with E-state index in [4.69, 9.17) is 21.7 Å². The molecular weight excluding hydrogens is 306 g/mol. The number of benzene rings is 1. The molecule has 0 N–H and O–H groups in total. The van der Waals surface area contributed by atoms with E-state index in [1.54, 1.807) is 4.90 Å². The van der Waals surface area contributed by atoms with Gasteiger partial charge in [-0.2, -0.15) is 0 Å². The summed E-state index contributed by atoms with van der Waals surface area (Å²) in [5.74, 6) is 2.05. The molecule has 21 heavy (non-hydrogen) atoms. The zero-order valence-electron chi connectivity index (χ0n) is 12.0. The molecule has 2 aliphatic heterocycles. The van der Waals surface area contributed by atoms with Crippen LogP contribution in [0.1, 0.15) is 19.4 Å². The number of hydrogen-bond donors (Lipinski definition) is 0. The molecule has 0 spiro atoms. The first-order chi connectivity index (χ1) is 10.0. The van der Waals surface area contributed by atoms with Gasteiger partial charge in [0.2, 0.25) is 12.7 Å². The number of rotatable bonds is 4. The smallest absolute Gasteiger partial charge is 0.241 e. The number of thioether (sulfide) groups is 1. The van der Waals surface area contributed by atoms with Crippen LogP contribution >= 0.6 is 24.0 Å². The number of amides is 1. The molecule has 0 bridgehead atoms. The van der Waals surface area contributed by atoms with Crippen molar-refractivity contribution in [2.45, 2.75) is 25.5 Å².